The van der Waals surface area contributed by atoms with Gasteiger partial charge in [-0.2, -0.15) is 0 Å². The minimum atomic E-state index is -0.0309. The molecule has 1 aromatic rings. The van der Waals surface area contributed by atoms with E-state index in [9.17, 15) is 4.79 Å². The fourth-order valence-electron chi connectivity index (χ4n) is 2.20. The second kappa shape index (κ2) is 5.31. The Bertz CT molecular complexity index is 399. The number of carbonyl (C=O) groups excluding carboxylic acids is 1. The SMILES string of the molecule is CC(C)C1CCN(C(=O)c2nnc(Cl)s2)CC1. The summed E-state index contributed by atoms with van der Waals surface area (Å²) in [6, 6.07) is 0. The molecule has 94 valence electrons. The van der Waals surface area contributed by atoms with E-state index in [1.165, 1.54) is 0 Å². The van der Waals surface area contributed by atoms with Gasteiger partial charge in [0.2, 0.25) is 9.47 Å². The molecule has 2 rings (SSSR count). The molecule has 0 bridgehead atoms. The number of carbonyl (C=O) groups is 1. The van der Waals surface area contributed by atoms with Gasteiger partial charge >= 0.3 is 0 Å². The maximum Gasteiger partial charge on any atom is 0.284 e. The number of likely N-dealkylation sites (tertiary alicyclic amines) is 1. The van der Waals surface area contributed by atoms with Crippen LogP contribution in [-0.4, -0.2) is 34.1 Å². The summed E-state index contributed by atoms with van der Waals surface area (Å²) in [7, 11) is 0. The smallest absolute Gasteiger partial charge is 0.284 e. The Balaban J connectivity index is 1.95. The first-order valence-corrected chi connectivity index (χ1v) is 7.05. The molecule has 1 aliphatic heterocycles. The Morgan fingerprint density at radius 3 is 2.53 bits per heavy atom. The van der Waals surface area contributed by atoms with Crippen LogP contribution >= 0.6 is 22.9 Å². The second-order valence-electron chi connectivity index (χ2n) is 4.73. The quantitative estimate of drug-likeness (QED) is 0.832. The van der Waals surface area contributed by atoms with Crippen LogP contribution in [0.1, 0.15) is 36.5 Å². The molecule has 1 aliphatic rings. The second-order valence-corrected chi connectivity index (χ2v) is 6.29. The molecule has 0 radical (unpaired) electrons. The van der Waals surface area contributed by atoms with E-state index in [-0.39, 0.29) is 5.91 Å². The Morgan fingerprint density at radius 2 is 2.06 bits per heavy atom. The lowest BCUT2D eigenvalue weighted by Gasteiger charge is -2.33. The third-order valence-electron chi connectivity index (χ3n) is 3.35. The van der Waals surface area contributed by atoms with Crippen molar-refractivity contribution in [1.82, 2.24) is 15.1 Å². The third kappa shape index (κ3) is 2.96. The van der Waals surface area contributed by atoms with Crippen LogP contribution in [0.15, 0.2) is 0 Å². The van der Waals surface area contributed by atoms with Crippen molar-refractivity contribution in [3.05, 3.63) is 9.47 Å². The molecule has 0 N–H and O–H groups in total. The van der Waals surface area contributed by atoms with Gasteiger partial charge < -0.3 is 4.90 Å². The molecule has 1 amide bonds. The number of piperidine rings is 1. The van der Waals surface area contributed by atoms with Crippen molar-refractivity contribution >= 4 is 28.8 Å². The van der Waals surface area contributed by atoms with E-state index in [2.05, 4.69) is 24.0 Å². The van der Waals surface area contributed by atoms with Crippen LogP contribution < -0.4 is 0 Å². The molecule has 0 atom stereocenters. The molecule has 0 aliphatic carbocycles. The number of hydrogen-bond acceptors (Lipinski definition) is 4. The van der Waals surface area contributed by atoms with E-state index in [0.717, 1.165) is 43.2 Å². The molecular weight excluding hydrogens is 258 g/mol. The third-order valence-corrected chi connectivity index (χ3v) is 4.36. The summed E-state index contributed by atoms with van der Waals surface area (Å²) in [5.41, 5.74) is 0. The molecule has 4 nitrogen and oxygen atoms in total. The molecule has 2 heterocycles. The molecule has 6 heteroatoms. The van der Waals surface area contributed by atoms with Gasteiger partial charge in [-0.3, -0.25) is 4.79 Å². The lowest BCUT2D eigenvalue weighted by Crippen LogP contribution is -2.39. The predicted octanol–water partition coefficient (Wildman–Crippen LogP) is 2.70. The van der Waals surface area contributed by atoms with Gasteiger partial charge in [0, 0.05) is 13.1 Å². The van der Waals surface area contributed by atoms with Crippen LogP contribution in [0.3, 0.4) is 0 Å². The van der Waals surface area contributed by atoms with Gasteiger partial charge in [-0.25, -0.2) is 0 Å². The normalized spacial score (nSPS) is 17.8. The summed E-state index contributed by atoms with van der Waals surface area (Å²) in [6.07, 6.45) is 2.16. The van der Waals surface area contributed by atoms with Crippen LogP contribution in [0, 0.1) is 11.8 Å². The lowest BCUT2D eigenvalue weighted by atomic mass is 9.87. The van der Waals surface area contributed by atoms with Crippen molar-refractivity contribution in [1.29, 1.82) is 0 Å². The van der Waals surface area contributed by atoms with Crippen molar-refractivity contribution in [2.24, 2.45) is 11.8 Å². The maximum absolute atomic E-state index is 12.1. The van der Waals surface area contributed by atoms with Gasteiger partial charge in [0.05, 0.1) is 0 Å². The molecule has 17 heavy (non-hydrogen) atoms. The van der Waals surface area contributed by atoms with Crippen LogP contribution in [0.25, 0.3) is 0 Å². The van der Waals surface area contributed by atoms with E-state index in [1.807, 2.05) is 4.90 Å². The predicted molar refractivity (Wildman–Crippen MR) is 68.4 cm³/mol. The first kappa shape index (κ1) is 12.8. The number of aromatic nitrogens is 2. The summed E-state index contributed by atoms with van der Waals surface area (Å²) in [4.78, 5) is 13.9. The Morgan fingerprint density at radius 1 is 1.41 bits per heavy atom. The standard InChI is InChI=1S/C11H16ClN3OS/c1-7(2)8-3-5-15(6-4-8)10(16)9-13-14-11(12)17-9/h7-8H,3-6H2,1-2H3. The average Bonchev–Trinajstić information content (AvgIpc) is 2.75. The van der Waals surface area contributed by atoms with Gasteiger partial charge in [0.1, 0.15) is 0 Å². The van der Waals surface area contributed by atoms with Gasteiger partial charge in [-0.05, 0) is 36.3 Å². The molecule has 0 aromatic carbocycles. The number of rotatable bonds is 2. The van der Waals surface area contributed by atoms with E-state index in [0.29, 0.717) is 15.4 Å². The highest BCUT2D eigenvalue weighted by atomic mass is 35.5. The molecule has 1 saturated heterocycles. The first-order chi connectivity index (χ1) is 8.08. The molecule has 0 spiro atoms. The zero-order chi connectivity index (χ0) is 12.4. The van der Waals surface area contributed by atoms with Crippen molar-refractivity contribution in [3.63, 3.8) is 0 Å². The van der Waals surface area contributed by atoms with Gasteiger partial charge in [0.15, 0.2) is 0 Å². The van der Waals surface area contributed by atoms with Crippen LogP contribution in [0.5, 0.6) is 0 Å². The molecule has 1 aromatic heterocycles. The summed E-state index contributed by atoms with van der Waals surface area (Å²) >= 11 is 6.83. The highest BCUT2D eigenvalue weighted by Gasteiger charge is 2.26. The highest BCUT2D eigenvalue weighted by Crippen LogP contribution is 2.26. The van der Waals surface area contributed by atoms with Crippen LogP contribution in [-0.2, 0) is 0 Å². The largest absolute Gasteiger partial charge is 0.337 e. The monoisotopic (exact) mass is 273 g/mol. The summed E-state index contributed by atoms with van der Waals surface area (Å²) in [6.45, 7) is 6.12. The zero-order valence-electron chi connectivity index (χ0n) is 10.0. The van der Waals surface area contributed by atoms with E-state index in [4.69, 9.17) is 11.6 Å². The first-order valence-electron chi connectivity index (χ1n) is 5.86. The molecule has 1 fully saturated rings. The maximum atomic E-state index is 12.1. The van der Waals surface area contributed by atoms with Crippen molar-refractivity contribution < 1.29 is 4.79 Å². The van der Waals surface area contributed by atoms with Crippen molar-refractivity contribution in [2.75, 3.05) is 13.1 Å². The Kier molecular flexibility index (Phi) is 3.99. The van der Waals surface area contributed by atoms with E-state index < -0.39 is 0 Å². The van der Waals surface area contributed by atoms with Crippen molar-refractivity contribution in [3.8, 4) is 0 Å². The average molecular weight is 274 g/mol. The van der Waals surface area contributed by atoms with Gasteiger partial charge in [0.25, 0.3) is 5.91 Å². The fraction of sp³-hybridized carbons (Fsp3) is 0.727. The minimum Gasteiger partial charge on any atom is -0.337 e. The molecule has 0 saturated carbocycles. The Hall–Kier alpha value is -0.680. The van der Waals surface area contributed by atoms with Gasteiger partial charge in [-0.1, -0.05) is 25.2 Å². The molecule has 0 unspecified atom stereocenters. The zero-order valence-corrected chi connectivity index (χ0v) is 11.6. The summed E-state index contributed by atoms with van der Waals surface area (Å²) in [5, 5.41) is 7.85. The van der Waals surface area contributed by atoms with E-state index >= 15 is 0 Å². The number of amides is 1. The van der Waals surface area contributed by atoms with Crippen LogP contribution in [0.2, 0.25) is 4.47 Å². The van der Waals surface area contributed by atoms with Gasteiger partial charge in [-0.15, -0.1) is 10.2 Å². The summed E-state index contributed by atoms with van der Waals surface area (Å²) in [5.74, 6) is 1.40. The number of nitrogens with zero attached hydrogens (tertiary/aromatic N) is 3. The van der Waals surface area contributed by atoms with Crippen LogP contribution in [0.4, 0.5) is 0 Å². The number of halogens is 1. The van der Waals surface area contributed by atoms with E-state index in [1.54, 1.807) is 0 Å². The minimum absolute atomic E-state index is 0.0309. The number of hydrogen-bond donors (Lipinski definition) is 0. The highest BCUT2D eigenvalue weighted by molar-refractivity contribution is 7.17. The van der Waals surface area contributed by atoms with Crippen molar-refractivity contribution in [2.45, 2.75) is 26.7 Å². The topological polar surface area (TPSA) is 46.1 Å². The Labute approximate surface area is 110 Å². The lowest BCUT2D eigenvalue weighted by molar-refractivity contribution is 0.0666. The summed E-state index contributed by atoms with van der Waals surface area (Å²) < 4.78 is 0.324. The fourth-order valence-corrected chi connectivity index (χ4v) is 2.99. The molecular formula is C11H16ClN3OS.